The molecule has 0 spiro atoms. The van der Waals surface area contributed by atoms with Crippen LogP contribution in [0.3, 0.4) is 0 Å². The number of nitro groups is 1. The van der Waals surface area contributed by atoms with Crippen molar-refractivity contribution < 1.29 is 9.66 Å². The Balaban J connectivity index is 2.96. The molecule has 2 unspecified atom stereocenters. The zero-order valence-electron chi connectivity index (χ0n) is 10.6. The normalized spacial score (nSPS) is 14.1. The molecule has 5 nitrogen and oxygen atoms in total. The molecule has 0 aliphatic heterocycles. The SMILES string of the molecule is COC(C)C(C)Nc1cc(C)ccc1[N+](=O)[O-]. The molecular formula is C12H18N2O3. The highest BCUT2D eigenvalue weighted by Crippen LogP contribution is 2.26. The van der Waals surface area contributed by atoms with Crippen LogP contribution in [0.25, 0.3) is 0 Å². The number of anilines is 1. The number of methoxy groups -OCH3 is 1. The van der Waals surface area contributed by atoms with Crippen LogP contribution >= 0.6 is 0 Å². The van der Waals surface area contributed by atoms with Crippen LogP contribution in [0.2, 0.25) is 0 Å². The third-order valence-electron chi connectivity index (χ3n) is 2.81. The number of benzene rings is 1. The lowest BCUT2D eigenvalue weighted by Crippen LogP contribution is -2.29. The van der Waals surface area contributed by atoms with Crippen molar-refractivity contribution in [1.29, 1.82) is 0 Å². The number of hydrogen-bond acceptors (Lipinski definition) is 4. The molecule has 1 aromatic carbocycles. The topological polar surface area (TPSA) is 64.4 Å². The third-order valence-corrected chi connectivity index (χ3v) is 2.81. The summed E-state index contributed by atoms with van der Waals surface area (Å²) < 4.78 is 5.18. The van der Waals surface area contributed by atoms with E-state index in [2.05, 4.69) is 5.32 Å². The van der Waals surface area contributed by atoms with E-state index in [-0.39, 0.29) is 22.8 Å². The minimum atomic E-state index is -0.383. The number of rotatable bonds is 5. The molecule has 94 valence electrons. The van der Waals surface area contributed by atoms with Crippen molar-refractivity contribution in [2.45, 2.75) is 32.9 Å². The van der Waals surface area contributed by atoms with E-state index < -0.39 is 0 Å². The Labute approximate surface area is 101 Å². The molecule has 0 saturated carbocycles. The lowest BCUT2D eigenvalue weighted by atomic mass is 10.1. The Bertz CT molecular complexity index is 407. The quantitative estimate of drug-likeness (QED) is 0.632. The van der Waals surface area contributed by atoms with Crippen LogP contribution in [0.5, 0.6) is 0 Å². The van der Waals surface area contributed by atoms with Gasteiger partial charge in [0.15, 0.2) is 0 Å². The summed E-state index contributed by atoms with van der Waals surface area (Å²) in [6.07, 6.45) is -0.0184. The average Bonchev–Trinajstić information content (AvgIpc) is 2.27. The fourth-order valence-corrected chi connectivity index (χ4v) is 1.49. The number of ether oxygens (including phenoxy) is 1. The fraction of sp³-hybridized carbons (Fsp3) is 0.500. The molecular weight excluding hydrogens is 220 g/mol. The number of aryl methyl sites for hydroxylation is 1. The van der Waals surface area contributed by atoms with Crippen LogP contribution in [0.4, 0.5) is 11.4 Å². The minimum absolute atomic E-state index is 0.000463. The Morgan fingerprint density at radius 1 is 1.41 bits per heavy atom. The smallest absolute Gasteiger partial charge is 0.292 e. The fourth-order valence-electron chi connectivity index (χ4n) is 1.49. The van der Waals surface area contributed by atoms with Crippen LogP contribution in [-0.2, 0) is 4.74 Å². The van der Waals surface area contributed by atoms with Crippen LogP contribution < -0.4 is 5.32 Å². The molecule has 0 aromatic heterocycles. The molecule has 0 bridgehead atoms. The van der Waals surface area contributed by atoms with Gasteiger partial charge in [-0.15, -0.1) is 0 Å². The van der Waals surface area contributed by atoms with E-state index in [0.717, 1.165) is 5.56 Å². The van der Waals surface area contributed by atoms with E-state index in [1.807, 2.05) is 20.8 Å². The predicted molar refractivity (Wildman–Crippen MR) is 67.4 cm³/mol. The zero-order chi connectivity index (χ0) is 13.0. The van der Waals surface area contributed by atoms with Gasteiger partial charge >= 0.3 is 0 Å². The summed E-state index contributed by atoms with van der Waals surface area (Å²) in [7, 11) is 1.62. The van der Waals surface area contributed by atoms with Gasteiger partial charge in [0.05, 0.1) is 11.0 Å². The summed E-state index contributed by atoms with van der Waals surface area (Å²) in [5.74, 6) is 0. The van der Waals surface area contributed by atoms with Crippen molar-refractivity contribution in [3.8, 4) is 0 Å². The molecule has 0 heterocycles. The maximum atomic E-state index is 10.9. The minimum Gasteiger partial charge on any atom is -0.380 e. The second kappa shape index (κ2) is 5.63. The van der Waals surface area contributed by atoms with E-state index in [1.165, 1.54) is 6.07 Å². The molecule has 0 radical (unpaired) electrons. The standard InChI is InChI=1S/C12H18N2O3/c1-8-5-6-12(14(15)16)11(7-8)13-9(2)10(3)17-4/h5-7,9-10,13H,1-4H3. The summed E-state index contributed by atoms with van der Waals surface area (Å²) >= 11 is 0. The highest BCUT2D eigenvalue weighted by atomic mass is 16.6. The van der Waals surface area contributed by atoms with Gasteiger partial charge in [0.2, 0.25) is 0 Å². The van der Waals surface area contributed by atoms with E-state index >= 15 is 0 Å². The summed E-state index contributed by atoms with van der Waals surface area (Å²) in [6.45, 7) is 5.75. The molecule has 1 N–H and O–H groups in total. The Kier molecular flexibility index (Phi) is 4.45. The Morgan fingerprint density at radius 2 is 2.06 bits per heavy atom. The molecule has 17 heavy (non-hydrogen) atoms. The molecule has 1 aromatic rings. The second-order valence-corrected chi connectivity index (χ2v) is 4.15. The van der Waals surface area contributed by atoms with E-state index in [9.17, 15) is 10.1 Å². The zero-order valence-corrected chi connectivity index (χ0v) is 10.6. The molecule has 1 rings (SSSR count). The van der Waals surface area contributed by atoms with Gasteiger partial charge in [0, 0.05) is 19.2 Å². The Hall–Kier alpha value is -1.62. The van der Waals surface area contributed by atoms with Crippen molar-refractivity contribution >= 4 is 11.4 Å². The van der Waals surface area contributed by atoms with Gasteiger partial charge in [-0.2, -0.15) is 0 Å². The molecule has 0 aliphatic carbocycles. The van der Waals surface area contributed by atoms with Gasteiger partial charge < -0.3 is 10.1 Å². The van der Waals surface area contributed by atoms with Crippen molar-refractivity contribution in [3.05, 3.63) is 33.9 Å². The van der Waals surface area contributed by atoms with Gasteiger partial charge in [-0.3, -0.25) is 10.1 Å². The molecule has 0 saturated heterocycles. The van der Waals surface area contributed by atoms with Crippen LogP contribution in [-0.4, -0.2) is 24.2 Å². The van der Waals surface area contributed by atoms with Gasteiger partial charge in [-0.1, -0.05) is 6.07 Å². The van der Waals surface area contributed by atoms with Crippen molar-refractivity contribution in [3.63, 3.8) is 0 Å². The molecule has 0 aliphatic rings. The number of nitrogens with one attached hydrogen (secondary N) is 1. The number of nitro benzene ring substituents is 1. The first-order valence-corrected chi connectivity index (χ1v) is 5.50. The lowest BCUT2D eigenvalue weighted by molar-refractivity contribution is -0.384. The second-order valence-electron chi connectivity index (χ2n) is 4.15. The van der Waals surface area contributed by atoms with Crippen molar-refractivity contribution in [2.75, 3.05) is 12.4 Å². The largest absolute Gasteiger partial charge is 0.380 e. The molecule has 0 fully saturated rings. The maximum absolute atomic E-state index is 10.9. The van der Waals surface area contributed by atoms with Gasteiger partial charge in [-0.25, -0.2) is 0 Å². The first kappa shape index (κ1) is 13.4. The number of nitrogens with zero attached hydrogens (tertiary/aromatic N) is 1. The molecule has 0 amide bonds. The number of hydrogen-bond donors (Lipinski definition) is 1. The van der Waals surface area contributed by atoms with Crippen molar-refractivity contribution in [2.24, 2.45) is 0 Å². The monoisotopic (exact) mass is 238 g/mol. The van der Waals surface area contributed by atoms with E-state index in [1.54, 1.807) is 19.2 Å². The third kappa shape index (κ3) is 3.42. The Morgan fingerprint density at radius 3 is 2.59 bits per heavy atom. The van der Waals surface area contributed by atoms with Gasteiger partial charge in [0.25, 0.3) is 5.69 Å². The first-order chi connectivity index (χ1) is 7.95. The average molecular weight is 238 g/mol. The van der Waals surface area contributed by atoms with E-state index in [0.29, 0.717) is 5.69 Å². The lowest BCUT2D eigenvalue weighted by Gasteiger charge is -2.21. The first-order valence-electron chi connectivity index (χ1n) is 5.50. The highest BCUT2D eigenvalue weighted by Gasteiger charge is 2.18. The van der Waals surface area contributed by atoms with Crippen LogP contribution in [0.1, 0.15) is 19.4 Å². The summed E-state index contributed by atoms with van der Waals surface area (Å²) in [6, 6.07) is 5.02. The van der Waals surface area contributed by atoms with Crippen molar-refractivity contribution in [1.82, 2.24) is 0 Å². The highest BCUT2D eigenvalue weighted by molar-refractivity contribution is 5.63. The summed E-state index contributed by atoms with van der Waals surface area (Å²) in [5.41, 5.74) is 1.60. The van der Waals surface area contributed by atoms with E-state index in [4.69, 9.17) is 4.74 Å². The van der Waals surface area contributed by atoms with Gasteiger partial charge in [-0.05, 0) is 32.4 Å². The van der Waals surface area contributed by atoms with Gasteiger partial charge in [0.1, 0.15) is 5.69 Å². The molecule has 5 heteroatoms. The predicted octanol–water partition coefficient (Wildman–Crippen LogP) is 2.74. The molecule has 2 atom stereocenters. The van der Waals surface area contributed by atoms with Crippen LogP contribution in [0, 0.1) is 17.0 Å². The maximum Gasteiger partial charge on any atom is 0.292 e. The summed E-state index contributed by atoms with van der Waals surface area (Å²) in [4.78, 5) is 10.5. The van der Waals surface area contributed by atoms with Crippen LogP contribution in [0.15, 0.2) is 18.2 Å². The summed E-state index contributed by atoms with van der Waals surface area (Å²) in [5, 5.41) is 14.0.